The third kappa shape index (κ3) is 2.04. The molecule has 2 fully saturated rings. The van der Waals surface area contributed by atoms with Gasteiger partial charge in [-0.2, -0.15) is 0 Å². The van der Waals surface area contributed by atoms with E-state index in [2.05, 4.69) is 31.2 Å². The van der Waals surface area contributed by atoms with Crippen LogP contribution in [0.2, 0.25) is 10.0 Å². The highest BCUT2D eigenvalue weighted by molar-refractivity contribution is 6.35. The molecule has 0 aromatic heterocycles. The van der Waals surface area contributed by atoms with Gasteiger partial charge in [0.05, 0.1) is 21.8 Å². The second-order valence-electron chi connectivity index (χ2n) is 7.34. The molecule has 0 spiro atoms. The van der Waals surface area contributed by atoms with Crippen molar-refractivity contribution in [2.75, 3.05) is 5.32 Å². The first-order valence-electron chi connectivity index (χ1n) is 7.66. The van der Waals surface area contributed by atoms with Gasteiger partial charge in [-0.05, 0) is 36.5 Å². The molecular formula is C17H20Cl2N2O2. The average Bonchev–Trinajstić information content (AvgIpc) is 2.80. The van der Waals surface area contributed by atoms with Crippen molar-refractivity contribution in [2.45, 2.75) is 40.0 Å². The molecule has 3 rings (SSSR count). The number of carbonyl (C=O) groups is 1. The predicted octanol–water partition coefficient (Wildman–Crippen LogP) is 4.98. The van der Waals surface area contributed by atoms with Gasteiger partial charge in [-0.1, -0.05) is 49.1 Å². The molecule has 124 valence electrons. The smallest absolute Gasteiger partial charge is 0.231 e. The van der Waals surface area contributed by atoms with Crippen LogP contribution >= 0.6 is 23.2 Å². The Bertz CT molecular complexity index is 717. The molecule has 1 aromatic carbocycles. The third-order valence-corrected chi connectivity index (χ3v) is 7.03. The first kappa shape index (κ1) is 16.6. The van der Waals surface area contributed by atoms with Gasteiger partial charge in [0.15, 0.2) is 0 Å². The van der Waals surface area contributed by atoms with Crippen LogP contribution in [0.4, 0.5) is 5.69 Å². The van der Waals surface area contributed by atoms with E-state index in [1.54, 1.807) is 18.2 Å². The highest BCUT2D eigenvalue weighted by Crippen LogP contribution is 2.71. The van der Waals surface area contributed by atoms with E-state index in [0.29, 0.717) is 27.9 Å². The summed E-state index contributed by atoms with van der Waals surface area (Å²) in [6.45, 7) is 6.24. The lowest BCUT2D eigenvalue weighted by atomic mass is 9.64. The summed E-state index contributed by atoms with van der Waals surface area (Å²) >= 11 is 12.2. The summed E-state index contributed by atoms with van der Waals surface area (Å²) in [5.41, 5.74) is 0.0431. The molecule has 0 heterocycles. The largest absolute Gasteiger partial charge is 0.411 e. The van der Waals surface area contributed by atoms with E-state index < -0.39 is 5.41 Å². The number of hydrogen-bond donors (Lipinski definition) is 2. The van der Waals surface area contributed by atoms with Crippen molar-refractivity contribution in [2.24, 2.45) is 21.4 Å². The molecule has 2 N–H and O–H groups in total. The quantitative estimate of drug-likeness (QED) is 0.581. The van der Waals surface area contributed by atoms with E-state index in [0.717, 1.165) is 12.8 Å². The summed E-state index contributed by atoms with van der Waals surface area (Å²) in [4.78, 5) is 13.1. The van der Waals surface area contributed by atoms with Crippen LogP contribution in [0, 0.1) is 16.2 Å². The normalized spacial score (nSPS) is 33.2. The number of nitrogens with zero attached hydrogens (tertiary/aromatic N) is 1. The van der Waals surface area contributed by atoms with Crippen molar-refractivity contribution >= 4 is 40.5 Å². The van der Waals surface area contributed by atoms with E-state index in [-0.39, 0.29) is 16.7 Å². The maximum Gasteiger partial charge on any atom is 0.231 e. The van der Waals surface area contributed by atoms with Crippen LogP contribution in [0.5, 0.6) is 0 Å². The SMILES string of the molecule is CC1(C)[C@]2(C(=O)Nc3cc(Cl)ccc3Cl)CC[C@]1(C)/C(=N\O)C2. The summed E-state index contributed by atoms with van der Waals surface area (Å²) in [7, 11) is 0. The summed E-state index contributed by atoms with van der Waals surface area (Å²) in [5.74, 6) is -0.0889. The maximum atomic E-state index is 13.1. The summed E-state index contributed by atoms with van der Waals surface area (Å²) in [6.07, 6.45) is 2.06. The molecule has 6 heteroatoms. The van der Waals surface area contributed by atoms with Gasteiger partial charge >= 0.3 is 0 Å². The molecule has 0 radical (unpaired) electrons. The van der Waals surface area contributed by atoms with Crippen molar-refractivity contribution < 1.29 is 10.0 Å². The van der Waals surface area contributed by atoms with Crippen LogP contribution in [-0.2, 0) is 4.79 Å². The minimum Gasteiger partial charge on any atom is -0.411 e. The highest BCUT2D eigenvalue weighted by Gasteiger charge is 2.71. The Labute approximate surface area is 145 Å². The molecular weight excluding hydrogens is 335 g/mol. The molecule has 0 aliphatic heterocycles. The number of oxime groups is 1. The molecule has 2 saturated carbocycles. The average molecular weight is 355 g/mol. The standard InChI is InChI=1S/C17H20Cl2N2O2/c1-15(2)16(3)6-7-17(15,9-13(16)21-23)14(22)20-12-8-10(18)4-5-11(12)19/h4-5,8,23H,6-7,9H2,1-3H3,(H,20,22)/b21-13-/t16-,17-/m1/s1. The van der Waals surface area contributed by atoms with Gasteiger partial charge in [-0.15, -0.1) is 0 Å². The number of hydrogen-bond acceptors (Lipinski definition) is 3. The maximum absolute atomic E-state index is 13.1. The molecule has 4 nitrogen and oxygen atoms in total. The number of amides is 1. The van der Waals surface area contributed by atoms with Gasteiger partial charge in [-0.25, -0.2) is 0 Å². The predicted molar refractivity (Wildman–Crippen MR) is 92.5 cm³/mol. The van der Waals surface area contributed by atoms with Gasteiger partial charge in [0.2, 0.25) is 5.91 Å². The number of benzene rings is 1. The van der Waals surface area contributed by atoms with Crippen molar-refractivity contribution in [1.29, 1.82) is 0 Å². The number of anilines is 1. The lowest BCUT2D eigenvalue weighted by molar-refractivity contribution is -0.130. The monoisotopic (exact) mass is 354 g/mol. The first-order chi connectivity index (χ1) is 10.7. The number of nitrogens with one attached hydrogen (secondary N) is 1. The number of rotatable bonds is 2. The Hall–Kier alpha value is -1.26. The van der Waals surface area contributed by atoms with E-state index >= 15 is 0 Å². The zero-order chi connectivity index (χ0) is 17.0. The van der Waals surface area contributed by atoms with Gasteiger partial charge in [0.1, 0.15) is 0 Å². The minimum absolute atomic E-state index is 0.0889. The highest BCUT2D eigenvalue weighted by atomic mass is 35.5. The van der Waals surface area contributed by atoms with Crippen LogP contribution < -0.4 is 5.32 Å². The topological polar surface area (TPSA) is 61.7 Å². The molecule has 0 saturated heterocycles. The molecule has 2 aliphatic rings. The Morgan fingerprint density at radius 2 is 1.96 bits per heavy atom. The van der Waals surface area contributed by atoms with Crippen LogP contribution in [0.3, 0.4) is 0 Å². The second kappa shape index (κ2) is 5.12. The molecule has 23 heavy (non-hydrogen) atoms. The Kier molecular flexibility index (Phi) is 3.69. The molecule has 0 unspecified atom stereocenters. The number of halogens is 2. The van der Waals surface area contributed by atoms with Crippen molar-refractivity contribution in [1.82, 2.24) is 0 Å². The van der Waals surface area contributed by atoms with Gasteiger partial charge in [0, 0.05) is 16.9 Å². The fourth-order valence-corrected chi connectivity index (χ4v) is 4.71. The summed E-state index contributed by atoms with van der Waals surface area (Å²) < 4.78 is 0. The fraction of sp³-hybridized carbons (Fsp3) is 0.529. The van der Waals surface area contributed by atoms with Crippen LogP contribution in [0.1, 0.15) is 40.0 Å². The summed E-state index contributed by atoms with van der Waals surface area (Å²) in [6, 6.07) is 4.99. The lowest BCUT2D eigenvalue weighted by Crippen LogP contribution is -2.43. The molecule has 2 atom stereocenters. The molecule has 1 amide bonds. The number of fused-ring (bicyclic) bond motifs is 2. The third-order valence-electron chi connectivity index (χ3n) is 6.47. The van der Waals surface area contributed by atoms with Crippen molar-refractivity contribution in [3.8, 4) is 0 Å². The molecule has 2 aliphatic carbocycles. The molecule has 1 aromatic rings. The van der Waals surface area contributed by atoms with Crippen LogP contribution in [0.15, 0.2) is 23.4 Å². The van der Waals surface area contributed by atoms with E-state index in [9.17, 15) is 10.0 Å². The van der Waals surface area contributed by atoms with Crippen molar-refractivity contribution in [3.63, 3.8) is 0 Å². The van der Waals surface area contributed by atoms with Gasteiger partial charge in [0.25, 0.3) is 0 Å². The minimum atomic E-state index is -0.602. The van der Waals surface area contributed by atoms with E-state index in [1.165, 1.54) is 0 Å². The van der Waals surface area contributed by atoms with Crippen LogP contribution in [0.25, 0.3) is 0 Å². The van der Waals surface area contributed by atoms with Gasteiger partial charge in [-0.3, -0.25) is 4.79 Å². The van der Waals surface area contributed by atoms with Gasteiger partial charge < -0.3 is 10.5 Å². The zero-order valence-electron chi connectivity index (χ0n) is 13.4. The first-order valence-corrected chi connectivity index (χ1v) is 8.41. The Morgan fingerprint density at radius 3 is 2.57 bits per heavy atom. The Balaban J connectivity index is 1.98. The van der Waals surface area contributed by atoms with E-state index in [1.807, 2.05) is 0 Å². The second-order valence-corrected chi connectivity index (χ2v) is 8.18. The molecule has 2 bridgehead atoms. The zero-order valence-corrected chi connectivity index (χ0v) is 14.9. The lowest BCUT2D eigenvalue weighted by Gasteiger charge is -2.39. The fourth-order valence-electron chi connectivity index (χ4n) is 4.37. The van der Waals surface area contributed by atoms with Crippen molar-refractivity contribution in [3.05, 3.63) is 28.2 Å². The van der Waals surface area contributed by atoms with E-state index in [4.69, 9.17) is 23.2 Å². The number of carbonyl (C=O) groups excluding carboxylic acids is 1. The summed E-state index contributed by atoms with van der Waals surface area (Å²) in [5, 5.41) is 16.8. The van der Waals surface area contributed by atoms with Crippen LogP contribution in [-0.4, -0.2) is 16.8 Å². The Morgan fingerprint density at radius 1 is 1.26 bits per heavy atom.